The van der Waals surface area contributed by atoms with E-state index in [0.29, 0.717) is 19.3 Å². The second-order valence-corrected chi connectivity index (χ2v) is 8.31. The Bertz CT molecular complexity index is 971. The van der Waals surface area contributed by atoms with Gasteiger partial charge in [-0.25, -0.2) is 4.39 Å². The minimum absolute atomic E-state index is 0.0267. The van der Waals surface area contributed by atoms with Gasteiger partial charge in [0, 0.05) is 5.56 Å². The number of esters is 2. The van der Waals surface area contributed by atoms with E-state index in [4.69, 9.17) is 14.2 Å². The lowest BCUT2D eigenvalue weighted by Gasteiger charge is -2.30. The smallest absolute Gasteiger partial charge is 0.328 e. The molecule has 2 aromatic rings. The molecule has 0 fully saturated rings. The third kappa shape index (κ3) is 6.59. The minimum Gasteiger partial charge on any atom is -0.490 e. The number of ether oxygens (including phenoxy) is 3. The van der Waals surface area contributed by atoms with Gasteiger partial charge >= 0.3 is 11.9 Å². The van der Waals surface area contributed by atoms with Crippen LogP contribution in [0, 0.1) is 11.6 Å². The maximum Gasteiger partial charge on any atom is 0.328 e. The predicted molar refractivity (Wildman–Crippen MR) is 130 cm³/mol. The van der Waals surface area contributed by atoms with E-state index < -0.39 is 34.6 Å². The molecule has 0 amide bonds. The molecule has 0 saturated heterocycles. The number of hydrogen-bond donors (Lipinski definition) is 0. The molecule has 0 radical (unpaired) electrons. The van der Waals surface area contributed by atoms with Crippen molar-refractivity contribution in [3.8, 4) is 5.75 Å². The average Bonchev–Trinajstić information content (AvgIpc) is 2.84. The number of carbonyl (C=O) groups excluding carboxylic acids is 2. The van der Waals surface area contributed by atoms with Crippen LogP contribution in [-0.2, 0) is 37.3 Å². The molecule has 5 nitrogen and oxygen atoms in total. The molecule has 0 aliphatic carbocycles. The summed E-state index contributed by atoms with van der Waals surface area (Å²) in [5.74, 6) is -4.75. The Hall–Kier alpha value is -2.96. The highest BCUT2D eigenvalue weighted by Crippen LogP contribution is 2.38. The lowest BCUT2D eigenvalue weighted by molar-refractivity contribution is -0.165. The first-order valence-electron chi connectivity index (χ1n) is 12.4. The lowest BCUT2D eigenvalue weighted by atomic mass is 9.75. The van der Waals surface area contributed by atoms with Crippen LogP contribution in [0.25, 0.3) is 0 Å². The van der Waals surface area contributed by atoms with E-state index in [2.05, 4.69) is 6.92 Å². The third-order valence-electron chi connectivity index (χ3n) is 5.85. The summed E-state index contributed by atoms with van der Waals surface area (Å²) in [7, 11) is 0. The quantitative estimate of drug-likeness (QED) is 0.237. The van der Waals surface area contributed by atoms with Gasteiger partial charge in [0.1, 0.15) is 0 Å². The fourth-order valence-corrected chi connectivity index (χ4v) is 4.19. The molecule has 0 aromatic heterocycles. The molecule has 0 aliphatic rings. The normalized spacial score (nSPS) is 11.3. The third-order valence-corrected chi connectivity index (χ3v) is 5.85. The first-order chi connectivity index (χ1) is 16.9. The summed E-state index contributed by atoms with van der Waals surface area (Å²) in [6, 6.07) is 10.4. The van der Waals surface area contributed by atoms with Crippen molar-refractivity contribution in [3.63, 3.8) is 0 Å². The molecule has 2 aromatic carbocycles. The van der Waals surface area contributed by atoms with Gasteiger partial charge in [0.15, 0.2) is 17.0 Å². The van der Waals surface area contributed by atoms with Gasteiger partial charge in [-0.05, 0) is 63.1 Å². The van der Waals surface area contributed by atoms with Crippen molar-refractivity contribution in [2.45, 2.75) is 71.6 Å². The summed E-state index contributed by atoms with van der Waals surface area (Å²) in [6.07, 6.45) is 3.29. The Morgan fingerprint density at radius 2 is 1.40 bits per heavy atom. The van der Waals surface area contributed by atoms with Crippen LogP contribution in [0.5, 0.6) is 5.75 Å². The summed E-state index contributed by atoms with van der Waals surface area (Å²) in [6.45, 7) is 7.26. The van der Waals surface area contributed by atoms with Crippen molar-refractivity contribution < 1.29 is 32.6 Å². The maximum atomic E-state index is 15.4. The molecule has 0 N–H and O–H groups in total. The highest BCUT2D eigenvalue weighted by atomic mass is 19.2. The van der Waals surface area contributed by atoms with Gasteiger partial charge in [-0.3, -0.25) is 9.59 Å². The lowest BCUT2D eigenvalue weighted by Crippen LogP contribution is -2.47. The number of rotatable bonds is 14. The van der Waals surface area contributed by atoms with E-state index in [1.165, 1.54) is 17.7 Å². The van der Waals surface area contributed by atoms with Crippen LogP contribution in [0.3, 0.4) is 0 Å². The second kappa shape index (κ2) is 13.8. The summed E-state index contributed by atoms with van der Waals surface area (Å²) < 4.78 is 46.1. The largest absolute Gasteiger partial charge is 0.490 e. The summed E-state index contributed by atoms with van der Waals surface area (Å²) >= 11 is 0. The van der Waals surface area contributed by atoms with Crippen molar-refractivity contribution in [2.24, 2.45) is 0 Å². The van der Waals surface area contributed by atoms with Crippen molar-refractivity contribution in [1.82, 2.24) is 0 Å². The zero-order valence-corrected chi connectivity index (χ0v) is 21.1. The fourth-order valence-electron chi connectivity index (χ4n) is 4.19. The number of aryl methyl sites for hydroxylation is 2. The van der Waals surface area contributed by atoms with E-state index in [0.717, 1.165) is 18.4 Å². The van der Waals surface area contributed by atoms with Crippen LogP contribution in [0.4, 0.5) is 8.78 Å². The van der Waals surface area contributed by atoms with E-state index >= 15 is 4.39 Å². The van der Waals surface area contributed by atoms with Crippen molar-refractivity contribution >= 4 is 11.9 Å². The van der Waals surface area contributed by atoms with Crippen molar-refractivity contribution in [2.75, 3.05) is 19.8 Å². The molecule has 0 spiro atoms. The van der Waals surface area contributed by atoms with Gasteiger partial charge in [-0.15, -0.1) is 0 Å². The van der Waals surface area contributed by atoms with Crippen LogP contribution in [0.15, 0.2) is 36.4 Å². The molecule has 0 bridgehead atoms. The average molecular weight is 491 g/mol. The van der Waals surface area contributed by atoms with Gasteiger partial charge in [-0.1, -0.05) is 50.6 Å². The highest BCUT2D eigenvalue weighted by Gasteiger charge is 2.52. The molecule has 0 aliphatic heterocycles. The van der Waals surface area contributed by atoms with Gasteiger partial charge in [-0.2, -0.15) is 4.39 Å². The molecule has 0 heterocycles. The van der Waals surface area contributed by atoms with Crippen LogP contribution >= 0.6 is 0 Å². The van der Waals surface area contributed by atoms with E-state index in [1.54, 1.807) is 13.8 Å². The summed E-state index contributed by atoms with van der Waals surface area (Å²) in [5.41, 5.74) is -0.272. The van der Waals surface area contributed by atoms with Gasteiger partial charge in [0.2, 0.25) is 5.82 Å². The number of halogens is 2. The van der Waals surface area contributed by atoms with E-state index in [1.807, 2.05) is 31.2 Å². The highest BCUT2D eigenvalue weighted by molar-refractivity contribution is 6.06. The second-order valence-electron chi connectivity index (χ2n) is 8.31. The standard InChI is InChI=1S/C28H36F2O5/c1-5-12-20-13-9-10-14-21(20)15-11-18-28(26(31)33-7-3,27(32)34-8-4)22-16-17-23(35-19-6-2)25(30)24(22)29/h9-10,13-14,16-17H,5-8,11-12,15,18-19H2,1-4H3. The Labute approximate surface area is 206 Å². The molecule has 0 saturated carbocycles. The molecule has 7 heteroatoms. The molecule has 35 heavy (non-hydrogen) atoms. The zero-order valence-electron chi connectivity index (χ0n) is 21.1. The predicted octanol–water partition coefficient (Wildman–Crippen LogP) is 6.09. The van der Waals surface area contributed by atoms with Crippen molar-refractivity contribution in [3.05, 3.63) is 64.7 Å². The number of benzene rings is 2. The number of carbonyl (C=O) groups is 2. The van der Waals surface area contributed by atoms with Gasteiger partial charge in [0.25, 0.3) is 0 Å². The number of hydrogen-bond acceptors (Lipinski definition) is 5. The summed E-state index contributed by atoms with van der Waals surface area (Å²) in [5, 5.41) is 0. The first kappa shape index (κ1) is 28.3. The summed E-state index contributed by atoms with van der Waals surface area (Å²) in [4.78, 5) is 26.5. The Kier molecular flexibility index (Phi) is 11.2. The Balaban J connectivity index is 2.53. The monoisotopic (exact) mass is 490 g/mol. The molecular formula is C28H36F2O5. The van der Waals surface area contributed by atoms with Crippen LogP contribution in [0.2, 0.25) is 0 Å². The SMILES string of the molecule is CCCOc1ccc(C(CCCc2ccccc2CCC)(C(=O)OCC)C(=O)OCC)c(F)c1F. The van der Waals surface area contributed by atoms with Crippen LogP contribution in [0.1, 0.15) is 70.1 Å². The minimum atomic E-state index is -2.14. The Morgan fingerprint density at radius 1 is 0.800 bits per heavy atom. The molecule has 2 rings (SSSR count). The van der Waals surface area contributed by atoms with Crippen molar-refractivity contribution in [1.29, 1.82) is 0 Å². The van der Waals surface area contributed by atoms with Gasteiger partial charge in [0.05, 0.1) is 19.8 Å². The molecular weight excluding hydrogens is 454 g/mol. The molecule has 0 unspecified atom stereocenters. The molecule has 0 atom stereocenters. The first-order valence-corrected chi connectivity index (χ1v) is 12.4. The van der Waals surface area contributed by atoms with Gasteiger partial charge < -0.3 is 14.2 Å². The zero-order chi connectivity index (χ0) is 25.8. The topological polar surface area (TPSA) is 61.8 Å². The van der Waals surface area contributed by atoms with Crippen LogP contribution < -0.4 is 4.74 Å². The molecule has 192 valence electrons. The maximum absolute atomic E-state index is 15.4. The van der Waals surface area contributed by atoms with E-state index in [-0.39, 0.29) is 32.0 Å². The fraction of sp³-hybridized carbons (Fsp3) is 0.500. The Morgan fingerprint density at radius 3 is 1.94 bits per heavy atom. The van der Waals surface area contributed by atoms with Crippen LogP contribution in [-0.4, -0.2) is 31.8 Å². The van der Waals surface area contributed by atoms with E-state index in [9.17, 15) is 14.0 Å².